The van der Waals surface area contributed by atoms with Gasteiger partial charge in [0.15, 0.2) is 0 Å². The van der Waals surface area contributed by atoms with Gasteiger partial charge in [-0.1, -0.05) is 104 Å². The molecule has 0 unspecified atom stereocenters. The Morgan fingerprint density at radius 2 is 0.682 bits per heavy atom. The predicted molar refractivity (Wildman–Crippen MR) is 103 cm³/mol. The molecule has 0 bridgehead atoms. The van der Waals surface area contributed by atoms with Crippen molar-refractivity contribution in [3.63, 3.8) is 0 Å². The summed E-state index contributed by atoms with van der Waals surface area (Å²) in [5, 5.41) is 0. The van der Waals surface area contributed by atoms with E-state index >= 15 is 0 Å². The Balaban J connectivity index is 0.00000102. The zero-order chi connectivity index (χ0) is 17.1. The van der Waals surface area contributed by atoms with E-state index in [1.54, 1.807) is 0 Å². The first-order chi connectivity index (χ1) is 10.6. The normalized spacial score (nSPS) is 9.73. The molecule has 0 aliphatic carbocycles. The second kappa shape index (κ2) is 11.1. The molecule has 2 rings (SSSR count). The van der Waals surface area contributed by atoms with Crippen molar-refractivity contribution in [2.45, 2.75) is 67.2 Å². The van der Waals surface area contributed by atoms with Crippen LogP contribution in [-0.2, 0) is 0 Å². The molecule has 122 valence electrons. The molecular weight excluding hydrogens is 264 g/mol. The molecule has 0 heteroatoms. The van der Waals surface area contributed by atoms with Gasteiger partial charge in [-0.2, -0.15) is 0 Å². The SMILES string of the molecule is CC.CC.CC(C)c1ccc(-c2ccc(C(C)C)cc2)cc1. The van der Waals surface area contributed by atoms with Crippen LogP contribution in [0.5, 0.6) is 0 Å². The Morgan fingerprint density at radius 1 is 0.455 bits per heavy atom. The molecule has 0 aromatic heterocycles. The highest BCUT2D eigenvalue weighted by atomic mass is 14.1. The summed E-state index contributed by atoms with van der Waals surface area (Å²) in [6.07, 6.45) is 0. The van der Waals surface area contributed by atoms with Crippen molar-refractivity contribution in [3.05, 3.63) is 59.7 Å². The fourth-order valence-electron chi connectivity index (χ4n) is 2.12. The van der Waals surface area contributed by atoms with Gasteiger partial charge < -0.3 is 0 Å². The maximum Gasteiger partial charge on any atom is -0.0184 e. The first-order valence-electron chi connectivity index (χ1n) is 8.78. The van der Waals surface area contributed by atoms with Crippen molar-refractivity contribution in [1.82, 2.24) is 0 Å². The third-order valence-electron chi connectivity index (χ3n) is 3.49. The molecule has 0 saturated heterocycles. The third-order valence-corrected chi connectivity index (χ3v) is 3.49. The third kappa shape index (κ3) is 6.05. The van der Waals surface area contributed by atoms with Gasteiger partial charge in [-0.05, 0) is 34.1 Å². The number of benzene rings is 2. The van der Waals surface area contributed by atoms with Crippen LogP contribution < -0.4 is 0 Å². The lowest BCUT2D eigenvalue weighted by Crippen LogP contribution is -1.88. The average molecular weight is 299 g/mol. The Morgan fingerprint density at radius 3 is 0.864 bits per heavy atom. The van der Waals surface area contributed by atoms with Gasteiger partial charge in [0.05, 0.1) is 0 Å². The summed E-state index contributed by atoms with van der Waals surface area (Å²) in [6, 6.07) is 17.8. The molecular formula is C22H34. The van der Waals surface area contributed by atoms with Gasteiger partial charge in [0.2, 0.25) is 0 Å². The molecule has 0 radical (unpaired) electrons. The summed E-state index contributed by atoms with van der Waals surface area (Å²) < 4.78 is 0. The fourth-order valence-corrected chi connectivity index (χ4v) is 2.12. The lowest BCUT2D eigenvalue weighted by molar-refractivity contribution is 0.866. The predicted octanol–water partition coefficient (Wildman–Crippen LogP) is 7.65. The quantitative estimate of drug-likeness (QED) is 0.545. The summed E-state index contributed by atoms with van der Waals surface area (Å²) in [7, 11) is 0. The van der Waals surface area contributed by atoms with Crippen LogP contribution in [0.1, 0.15) is 78.4 Å². The molecule has 0 saturated carbocycles. The average Bonchev–Trinajstić information content (AvgIpc) is 2.58. The van der Waals surface area contributed by atoms with E-state index in [0.29, 0.717) is 11.8 Å². The minimum atomic E-state index is 0.599. The highest BCUT2D eigenvalue weighted by Gasteiger charge is 2.02. The minimum absolute atomic E-state index is 0.599. The lowest BCUT2D eigenvalue weighted by Gasteiger charge is -2.09. The fraction of sp³-hybridized carbons (Fsp3) is 0.455. The molecule has 0 nitrogen and oxygen atoms in total. The first-order valence-corrected chi connectivity index (χ1v) is 8.78. The van der Waals surface area contributed by atoms with E-state index in [4.69, 9.17) is 0 Å². The van der Waals surface area contributed by atoms with Crippen LogP contribution in [0.2, 0.25) is 0 Å². The Kier molecular flexibility index (Phi) is 10.3. The summed E-state index contributed by atoms with van der Waals surface area (Å²) >= 11 is 0. The van der Waals surface area contributed by atoms with E-state index in [2.05, 4.69) is 76.2 Å². The minimum Gasteiger partial charge on any atom is -0.0683 e. The Labute approximate surface area is 138 Å². The van der Waals surface area contributed by atoms with E-state index in [1.165, 1.54) is 22.3 Å². The molecule has 0 N–H and O–H groups in total. The van der Waals surface area contributed by atoms with Crippen LogP contribution in [0.15, 0.2) is 48.5 Å². The van der Waals surface area contributed by atoms with Crippen molar-refractivity contribution in [3.8, 4) is 11.1 Å². The molecule has 0 fully saturated rings. The monoisotopic (exact) mass is 298 g/mol. The Hall–Kier alpha value is -1.56. The summed E-state index contributed by atoms with van der Waals surface area (Å²) in [5.41, 5.74) is 5.40. The molecule has 0 aliphatic heterocycles. The smallest absolute Gasteiger partial charge is 0.0184 e. The van der Waals surface area contributed by atoms with Gasteiger partial charge in [-0.25, -0.2) is 0 Å². The van der Waals surface area contributed by atoms with Crippen LogP contribution >= 0.6 is 0 Å². The van der Waals surface area contributed by atoms with Gasteiger partial charge in [-0.15, -0.1) is 0 Å². The van der Waals surface area contributed by atoms with Gasteiger partial charge in [0, 0.05) is 0 Å². The van der Waals surface area contributed by atoms with Crippen LogP contribution in [0.4, 0.5) is 0 Å². The molecule has 0 amide bonds. The molecule has 0 atom stereocenters. The highest BCUT2D eigenvalue weighted by Crippen LogP contribution is 2.24. The van der Waals surface area contributed by atoms with Crippen LogP contribution in [0, 0.1) is 0 Å². The van der Waals surface area contributed by atoms with Crippen molar-refractivity contribution >= 4 is 0 Å². The molecule has 0 spiro atoms. The zero-order valence-corrected chi connectivity index (χ0v) is 15.8. The maximum atomic E-state index is 2.23. The molecule has 0 aliphatic rings. The van der Waals surface area contributed by atoms with Crippen molar-refractivity contribution < 1.29 is 0 Å². The van der Waals surface area contributed by atoms with Crippen molar-refractivity contribution in [1.29, 1.82) is 0 Å². The number of rotatable bonds is 3. The number of hydrogen-bond acceptors (Lipinski definition) is 0. The van der Waals surface area contributed by atoms with Gasteiger partial charge in [0.25, 0.3) is 0 Å². The highest BCUT2D eigenvalue weighted by molar-refractivity contribution is 5.64. The standard InChI is InChI=1S/C18H22.2C2H6/c1-13(2)15-5-9-17(10-6-15)18-11-7-16(8-12-18)14(3)4;2*1-2/h5-14H,1-4H3;2*1-2H3. The summed E-state index contributed by atoms with van der Waals surface area (Å²) in [6.45, 7) is 16.9. The largest absolute Gasteiger partial charge is 0.0683 e. The summed E-state index contributed by atoms with van der Waals surface area (Å²) in [4.78, 5) is 0. The molecule has 0 heterocycles. The van der Waals surface area contributed by atoms with Crippen LogP contribution in [0.3, 0.4) is 0 Å². The molecule has 2 aromatic rings. The van der Waals surface area contributed by atoms with Crippen molar-refractivity contribution in [2.24, 2.45) is 0 Å². The van der Waals surface area contributed by atoms with E-state index in [1.807, 2.05) is 27.7 Å². The van der Waals surface area contributed by atoms with Gasteiger partial charge >= 0.3 is 0 Å². The topological polar surface area (TPSA) is 0 Å². The van der Waals surface area contributed by atoms with Crippen molar-refractivity contribution in [2.75, 3.05) is 0 Å². The first kappa shape index (κ1) is 20.4. The van der Waals surface area contributed by atoms with Crippen LogP contribution in [0.25, 0.3) is 11.1 Å². The lowest BCUT2D eigenvalue weighted by atomic mass is 9.96. The van der Waals surface area contributed by atoms with E-state index in [0.717, 1.165) is 0 Å². The van der Waals surface area contributed by atoms with Gasteiger partial charge in [-0.3, -0.25) is 0 Å². The number of hydrogen-bond donors (Lipinski definition) is 0. The van der Waals surface area contributed by atoms with E-state index in [-0.39, 0.29) is 0 Å². The van der Waals surface area contributed by atoms with Gasteiger partial charge in [0.1, 0.15) is 0 Å². The molecule has 22 heavy (non-hydrogen) atoms. The maximum absolute atomic E-state index is 2.23. The summed E-state index contributed by atoms with van der Waals surface area (Å²) in [5.74, 6) is 1.20. The van der Waals surface area contributed by atoms with Crippen LogP contribution in [-0.4, -0.2) is 0 Å². The Bertz CT molecular complexity index is 437. The zero-order valence-electron chi connectivity index (χ0n) is 15.8. The molecule has 2 aromatic carbocycles. The van der Waals surface area contributed by atoms with E-state index < -0.39 is 0 Å². The second-order valence-electron chi connectivity index (χ2n) is 5.55. The second-order valence-corrected chi connectivity index (χ2v) is 5.55. The van der Waals surface area contributed by atoms with E-state index in [9.17, 15) is 0 Å².